The van der Waals surface area contributed by atoms with Crippen LogP contribution in [0.3, 0.4) is 0 Å². The standard InChI is InChI=1S/C13H16FNO4/c1-7-5-6-8(14)9(11(16)17)10(7)15-12(18)19-13(2,3)4/h5-6H,1-4H3,(H,15,18)(H,16,17). The minimum atomic E-state index is -1.45. The van der Waals surface area contributed by atoms with Crippen LogP contribution >= 0.6 is 0 Å². The van der Waals surface area contributed by atoms with E-state index >= 15 is 0 Å². The monoisotopic (exact) mass is 269 g/mol. The number of nitrogens with one attached hydrogen (secondary N) is 1. The molecule has 6 heteroatoms. The van der Waals surface area contributed by atoms with Crippen molar-refractivity contribution in [2.45, 2.75) is 33.3 Å². The predicted octanol–water partition coefficient (Wildman–Crippen LogP) is 3.18. The molecule has 0 aromatic heterocycles. The van der Waals surface area contributed by atoms with Crippen LogP contribution in [0, 0.1) is 12.7 Å². The van der Waals surface area contributed by atoms with Crippen LogP contribution in [0.1, 0.15) is 36.7 Å². The Balaban J connectivity index is 3.10. The number of rotatable bonds is 2. The lowest BCUT2D eigenvalue weighted by atomic mass is 10.1. The molecular weight excluding hydrogens is 253 g/mol. The van der Waals surface area contributed by atoms with Crippen LogP contribution in [0.25, 0.3) is 0 Å². The molecule has 19 heavy (non-hydrogen) atoms. The Bertz CT molecular complexity index is 520. The van der Waals surface area contributed by atoms with E-state index in [9.17, 15) is 14.0 Å². The number of carbonyl (C=O) groups excluding carboxylic acids is 1. The minimum absolute atomic E-state index is 0.0956. The van der Waals surface area contributed by atoms with Gasteiger partial charge in [0, 0.05) is 0 Å². The molecule has 0 unspecified atom stereocenters. The number of anilines is 1. The molecule has 0 aliphatic rings. The van der Waals surface area contributed by atoms with Crippen LogP contribution in [-0.4, -0.2) is 22.8 Å². The number of benzene rings is 1. The summed E-state index contributed by atoms with van der Waals surface area (Å²) < 4.78 is 18.5. The van der Waals surface area contributed by atoms with E-state index < -0.39 is 29.0 Å². The summed E-state index contributed by atoms with van der Waals surface area (Å²) in [4.78, 5) is 22.6. The highest BCUT2D eigenvalue weighted by molar-refractivity contribution is 6.00. The van der Waals surface area contributed by atoms with Gasteiger partial charge in [-0.05, 0) is 39.3 Å². The number of aryl methyl sites for hydroxylation is 1. The first-order valence-electron chi connectivity index (χ1n) is 5.64. The average molecular weight is 269 g/mol. The summed E-state index contributed by atoms with van der Waals surface area (Å²) in [6, 6.07) is 2.42. The van der Waals surface area contributed by atoms with Gasteiger partial charge in [-0.15, -0.1) is 0 Å². The van der Waals surface area contributed by atoms with E-state index in [2.05, 4.69) is 5.32 Å². The fraction of sp³-hybridized carbons (Fsp3) is 0.385. The van der Waals surface area contributed by atoms with Crippen LogP contribution in [0.15, 0.2) is 12.1 Å². The quantitative estimate of drug-likeness (QED) is 0.864. The maximum atomic E-state index is 13.5. The lowest BCUT2D eigenvalue weighted by Crippen LogP contribution is -2.28. The van der Waals surface area contributed by atoms with E-state index in [4.69, 9.17) is 9.84 Å². The molecule has 0 spiro atoms. The summed E-state index contributed by atoms with van der Waals surface area (Å²) in [5.74, 6) is -2.36. The molecule has 0 aliphatic heterocycles. The number of hydrogen-bond donors (Lipinski definition) is 2. The van der Waals surface area contributed by atoms with Gasteiger partial charge in [0.15, 0.2) is 0 Å². The number of amides is 1. The zero-order chi connectivity index (χ0) is 14.8. The van der Waals surface area contributed by atoms with Crippen molar-refractivity contribution >= 4 is 17.7 Å². The highest BCUT2D eigenvalue weighted by Crippen LogP contribution is 2.24. The molecule has 0 bridgehead atoms. The third kappa shape index (κ3) is 3.94. The maximum absolute atomic E-state index is 13.5. The number of carboxylic acids is 1. The first-order chi connectivity index (χ1) is 8.61. The van der Waals surface area contributed by atoms with Crippen molar-refractivity contribution in [2.75, 3.05) is 5.32 Å². The van der Waals surface area contributed by atoms with E-state index in [1.807, 2.05) is 0 Å². The Morgan fingerprint density at radius 3 is 2.37 bits per heavy atom. The predicted molar refractivity (Wildman–Crippen MR) is 68.0 cm³/mol. The van der Waals surface area contributed by atoms with Gasteiger partial charge in [0.25, 0.3) is 0 Å². The molecule has 1 rings (SSSR count). The summed E-state index contributed by atoms with van der Waals surface area (Å²) in [7, 11) is 0. The van der Waals surface area contributed by atoms with E-state index in [0.29, 0.717) is 5.56 Å². The van der Waals surface area contributed by atoms with Crippen molar-refractivity contribution in [1.29, 1.82) is 0 Å². The van der Waals surface area contributed by atoms with Crippen LogP contribution < -0.4 is 5.32 Å². The van der Waals surface area contributed by atoms with Gasteiger partial charge in [-0.2, -0.15) is 0 Å². The molecule has 0 aliphatic carbocycles. The summed E-state index contributed by atoms with van der Waals surface area (Å²) in [5, 5.41) is 11.3. The maximum Gasteiger partial charge on any atom is 0.412 e. The molecule has 1 aromatic carbocycles. The van der Waals surface area contributed by atoms with Crippen LogP contribution in [0.2, 0.25) is 0 Å². The van der Waals surface area contributed by atoms with Crippen molar-refractivity contribution in [3.8, 4) is 0 Å². The number of ether oxygens (including phenoxy) is 1. The van der Waals surface area contributed by atoms with Gasteiger partial charge in [0.1, 0.15) is 17.0 Å². The smallest absolute Gasteiger partial charge is 0.412 e. The van der Waals surface area contributed by atoms with E-state index in [-0.39, 0.29) is 5.69 Å². The highest BCUT2D eigenvalue weighted by Gasteiger charge is 2.22. The topological polar surface area (TPSA) is 75.6 Å². The molecule has 5 nitrogen and oxygen atoms in total. The average Bonchev–Trinajstić information content (AvgIpc) is 2.20. The molecule has 1 aromatic rings. The number of halogens is 1. The summed E-state index contributed by atoms with van der Waals surface area (Å²) in [5.41, 5.74) is -0.966. The molecule has 2 N–H and O–H groups in total. The van der Waals surface area contributed by atoms with E-state index in [1.54, 1.807) is 27.7 Å². The van der Waals surface area contributed by atoms with Crippen molar-refractivity contribution in [2.24, 2.45) is 0 Å². The molecule has 0 heterocycles. The summed E-state index contributed by atoms with van der Waals surface area (Å²) in [6.45, 7) is 6.58. The first kappa shape index (κ1) is 14.9. The first-order valence-corrected chi connectivity index (χ1v) is 5.64. The molecule has 104 valence electrons. The van der Waals surface area contributed by atoms with Crippen LogP contribution in [0.5, 0.6) is 0 Å². The summed E-state index contributed by atoms with van der Waals surface area (Å²) in [6.07, 6.45) is -0.830. The third-order valence-corrected chi connectivity index (χ3v) is 2.20. The Morgan fingerprint density at radius 1 is 1.32 bits per heavy atom. The number of aromatic carboxylic acids is 1. The second-order valence-electron chi connectivity index (χ2n) is 5.05. The van der Waals surface area contributed by atoms with Gasteiger partial charge in [-0.1, -0.05) is 6.07 Å². The summed E-state index contributed by atoms with van der Waals surface area (Å²) >= 11 is 0. The van der Waals surface area contributed by atoms with Gasteiger partial charge < -0.3 is 9.84 Å². The molecular formula is C13H16FNO4. The number of carboxylic acid groups (broad SMARTS) is 1. The fourth-order valence-corrected chi connectivity index (χ4v) is 1.46. The zero-order valence-electron chi connectivity index (χ0n) is 11.2. The van der Waals surface area contributed by atoms with Crippen molar-refractivity contribution in [3.63, 3.8) is 0 Å². The molecule has 0 saturated carbocycles. The number of carbonyl (C=O) groups is 2. The van der Waals surface area contributed by atoms with Gasteiger partial charge in [-0.25, -0.2) is 14.0 Å². The second kappa shape index (κ2) is 5.26. The Morgan fingerprint density at radius 2 is 1.89 bits per heavy atom. The molecule has 0 atom stereocenters. The van der Waals surface area contributed by atoms with Crippen molar-refractivity contribution in [3.05, 3.63) is 29.1 Å². The minimum Gasteiger partial charge on any atom is -0.478 e. The van der Waals surface area contributed by atoms with Crippen molar-refractivity contribution < 1.29 is 23.8 Å². The van der Waals surface area contributed by atoms with Crippen LogP contribution in [0.4, 0.5) is 14.9 Å². The van der Waals surface area contributed by atoms with Gasteiger partial charge in [0.2, 0.25) is 0 Å². The van der Waals surface area contributed by atoms with E-state index in [1.165, 1.54) is 6.07 Å². The van der Waals surface area contributed by atoms with E-state index in [0.717, 1.165) is 6.07 Å². The lowest BCUT2D eigenvalue weighted by molar-refractivity contribution is 0.0636. The Hall–Kier alpha value is -2.11. The largest absolute Gasteiger partial charge is 0.478 e. The molecule has 0 fully saturated rings. The second-order valence-corrected chi connectivity index (χ2v) is 5.05. The van der Waals surface area contributed by atoms with Gasteiger partial charge >= 0.3 is 12.1 Å². The third-order valence-electron chi connectivity index (χ3n) is 2.20. The molecule has 0 saturated heterocycles. The van der Waals surface area contributed by atoms with Gasteiger partial charge in [-0.3, -0.25) is 5.32 Å². The Labute approximate surface area is 110 Å². The van der Waals surface area contributed by atoms with Crippen molar-refractivity contribution in [1.82, 2.24) is 0 Å². The Kier molecular flexibility index (Phi) is 4.14. The van der Waals surface area contributed by atoms with Crippen LogP contribution in [-0.2, 0) is 4.74 Å². The normalized spacial score (nSPS) is 11.0. The lowest BCUT2D eigenvalue weighted by Gasteiger charge is -2.20. The molecule has 0 radical (unpaired) electrons. The molecule has 1 amide bonds. The highest BCUT2D eigenvalue weighted by atomic mass is 19.1. The zero-order valence-corrected chi connectivity index (χ0v) is 11.2. The van der Waals surface area contributed by atoms with Gasteiger partial charge in [0.05, 0.1) is 5.69 Å². The SMILES string of the molecule is Cc1ccc(F)c(C(=O)O)c1NC(=O)OC(C)(C)C. The number of hydrogen-bond acceptors (Lipinski definition) is 3. The fourth-order valence-electron chi connectivity index (χ4n) is 1.46.